The molecular weight excluding hydrogens is 562 g/mol. The van der Waals surface area contributed by atoms with Crippen molar-refractivity contribution < 1.29 is 22.7 Å². The molecule has 1 saturated heterocycles. The number of aryl methyl sites for hydroxylation is 1. The van der Waals surface area contributed by atoms with Crippen LogP contribution >= 0.6 is 0 Å². The first-order valence-electron chi connectivity index (χ1n) is 14.3. The number of rotatable bonds is 6. The molecule has 4 aromatic rings. The minimum absolute atomic E-state index is 0.0332. The van der Waals surface area contributed by atoms with Crippen LogP contribution in [0.2, 0.25) is 0 Å². The van der Waals surface area contributed by atoms with Gasteiger partial charge in [0, 0.05) is 32.1 Å². The van der Waals surface area contributed by atoms with Crippen molar-refractivity contribution in [2.24, 2.45) is 0 Å². The number of carbonyl (C=O) groups excluding carboxylic acids is 1. The third-order valence-corrected chi connectivity index (χ3v) is 9.63. The minimum Gasteiger partial charge on any atom is -0.487 e. The van der Waals surface area contributed by atoms with E-state index >= 15 is 0 Å². The summed E-state index contributed by atoms with van der Waals surface area (Å²) in [6.45, 7) is 1.10. The molecule has 218 valence electrons. The number of nitrogens with zero attached hydrogens (tertiary/aromatic N) is 3. The second-order valence-corrected chi connectivity index (χ2v) is 13.2. The molecule has 1 spiro atoms. The van der Waals surface area contributed by atoms with Gasteiger partial charge in [0.1, 0.15) is 17.1 Å². The molecule has 3 heterocycles. The van der Waals surface area contributed by atoms with Crippen molar-refractivity contribution in [3.63, 3.8) is 0 Å². The van der Waals surface area contributed by atoms with Crippen LogP contribution in [0.1, 0.15) is 41.6 Å². The van der Waals surface area contributed by atoms with Crippen LogP contribution in [0, 0.1) is 11.3 Å². The van der Waals surface area contributed by atoms with E-state index in [2.05, 4.69) is 17.1 Å². The van der Waals surface area contributed by atoms with Gasteiger partial charge in [0.25, 0.3) is 0 Å². The minimum atomic E-state index is -3.33. The number of likely N-dealkylation sites (tertiary alicyclic amines) is 1. The monoisotopic (exact) mass is 593 g/mol. The highest BCUT2D eigenvalue weighted by atomic mass is 32.2. The van der Waals surface area contributed by atoms with Gasteiger partial charge < -0.3 is 14.4 Å². The highest BCUT2D eigenvalue weighted by Crippen LogP contribution is 2.41. The molecule has 1 fully saturated rings. The van der Waals surface area contributed by atoms with E-state index in [1.165, 1.54) is 0 Å². The fourth-order valence-corrected chi connectivity index (χ4v) is 7.14. The van der Waals surface area contributed by atoms with Gasteiger partial charge in [-0.15, -0.1) is 0 Å². The second-order valence-electron chi connectivity index (χ2n) is 11.1. The number of pyridine rings is 1. The Morgan fingerprint density at radius 2 is 1.67 bits per heavy atom. The number of aromatic nitrogens is 1. The Hall–Kier alpha value is -4.68. The lowest BCUT2D eigenvalue weighted by Gasteiger charge is -2.44. The van der Waals surface area contributed by atoms with E-state index in [1.807, 2.05) is 36.4 Å². The summed E-state index contributed by atoms with van der Waals surface area (Å²) in [7, 11) is -3.33. The maximum atomic E-state index is 12.7. The summed E-state index contributed by atoms with van der Waals surface area (Å²) in [5.74, 6) is 1.18. The van der Waals surface area contributed by atoms with E-state index in [9.17, 15) is 13.2 Å². The van der Waals surface area contributed by atoms with Crippen LogP contribution in [0.3, 0.4) is 0 Å². The van der Waals surface area contributed by atoms with Gasteiger partial charge in [-0.3, -0.25) is 4.98 Å². The van der Waals surface area contributed by atoms with E-state index in [-0.39, 0.29) is 17.1 Å². The topological polar surface area (TPSA) is 110 Å². The largest absolute Gasteiger partial charge is 0.487 e. The second kappa shape index (κ2) is 11.9. The van der Waals surface area contributed by atoms with Gasteiger partial charge in [-0.25, -0.2) is 13.2 Å². The quantitative estimate of drug-likeness (QED) is 0.266. The highest BCUT2D eigenvalue weighted by molar-refractivity contribution is 7.89. The molecule has 1 amide bonds. The molecule has 3 aromatic carbocycles. The zero-order valence-electron chi connectivity index (χ0n) is 23.6. The number of benzene rings is 3. The smallest absolute Gasteiger partial charge is 0.415 e. The van der Waals surface area contributed by atoms with E-state index in [4.69, 9.17) is 14.7 Å². The van der Waals surface area contributed by atoms with Crippen molar-refractivity contribution in [1.82, 2.24) is 9.88 Å². The molecule has 43 heavy (non-hydrogen) atoms. The zero-order chi connectivity index (χ0) is 29.9. The van der Waals surface area contributed by atoms with Crippen LogP contribution in [-0.2, 0) is 27.8 Å². The summed E-state index contributed by atoms with van der Waals surface area (Å²) < 4.78 is 37.4. The molecule has 1 aromatic heterocycles. The molecule has 9 heteroatoms. The Labute approximate surface area is 251 Å². The first kappa shape index (κ1) is 28.4. The molecular formula is C34H31N3O5S. The summed E-state index contributed by atoms with van der Waals surface area (Å²) in [6.07, 6.45) is 4.41. The Balaban J connectivity index is 1.05. The number of fused-ring (bicyclic) bond motifs is 1. The molecule has 0 atom stereocenters. The highest BCUT2D eigenvalue weighted by Gasteiger charge is 2.41. The van der Waals surface area contributed by atoms with Crippen molar-refractivity contribution in [3.05, 3.63) is 114 Å². The third kappa shape index (κ3) is 6.71. The predicted molar refractivity (Wildman–Crippen MR) is 162 cm³/mol. The van der Waals surface area contributed by atoms with Crippen LogP contribution in [0.4, 0.5) is 4.79 Å². The van der Waals surface area contributed by atoms with E-state index in [1.54, 1.807) is 53.6 Å². The normalized spacial score (nSPS) is 15.7. The number of hydrogen-bond acceptors (Lipinski definition) is 7. The number of nitriles is 1. The van der Waals surface area contributed by atoms with Crippen LogP contribution in [0.5, 0.6) is 11.5 Å². The fraction of sp³-hybridized carbons (Fsp3) is 0.265. The average molecular weight is 594 g/mol. The summed E-state index contributed by atoms with van der Waals surface area (Å²) in [5, 5.41) is 8.94. The summed E-state index contributed by atoms with van der Waals surface area (Å²) in [5.41, 5.74) is 4.72. The summed E-state index contributed by atoms with van der Waals surface area (Å²) in [6, 6.07) is 27.7. The maximum Gasteiger partial charge on any atom is 0.415 e. The van der Waals surface area contributed by atoms with Crippen molar-refractivity contribution in [1.29, 1.82) is 5.26 Å². The van der Waals surface area contributed by atoms with E-state index < -0.39 is 15.9 Å². The maximum absolute atomic E-state index is 12.7. The first-order chi connectivity index (χ1) is 20.8. The van der Waals surface area contributed by atoms with Crippen LogP contribution < -0.4 is 9.47 Å². The average Bonchev–Trinajstić information content (AvgIpc) is 3.02. The van der Waals surface area contributed by atoms with Gasteiger partial charge in [0.15, 0.2) is 9.84 Å². The molecule has 2 aliphatic heterocycles. The Kier molecular flexibility index (Phi) is 7.87. The number of piperidine rings is 1. The van der Waals surface area contributed by atoms with Crippen LogP contribution in [0.15, 0.2) is 91.1 Å². The van der Waals surface area contributed by atoms with Crippen LogP contribution in [-0.4, -0.2) is 43.1 Å². The molecule has 6 rings (SSSR count). The van der Waals surface area contributed by atoms with Gasteiger partial charge >= 0.3 is 6.09 Å². The lowest BCUT2D eigenvalue weighted by atomic mass is 9.82. The lowest BCUT2D eigenvalue weighted by Crippen LogP contribution is -2.51. The van der Waals surface area contributed by atoms with Gasteiger partial charge in [-0.1, -0.05) is 36.4 Å². The molecule has 0 unspecified atom stereocenters. The Bertz CT molecular complexity index is 1760. The van der Waals surface area contributed by atoms with Gasteiger partial charge in [-0.2, -0.15) is 5.26 Å². The molecule has 0 N–H and O–H groups in total. The third-order valence-electron chi connectivity index (χ3n) is 8.13. The van der Waals surface area contributed by atoms with Crippen LogP contribution in [0.25, 0.3) is 11.1 Å². The number of carbonyl (C=O) groups is 1. The molecule has 0 aliphatic carbocycles. The number of hydrogen-bond donors (Lipinski definition) is 0. The van der Waals surface area contributed by atoms with E-state index in [0.717, 1.165) is 53.7 Å². The molecule has 8 nitrogen and oxygen atoms in total. The number of sulfone groups is 1. The van der Waals surface area contributed by atoms with Crippen molar-refractivity contribution in [2.45, 2.75) is 42.8 Å². The van der Waals surface area contributed by atoms with Crippen molar-refractivity contribution in [2.75, 3.05) is 13.1 Å². The first-order valence-corrected chi connectivity index (χ1v) is 16.1. The fourth-order valence-electron chi connectivity index (χ4n) is 5.72. The van der Waals surface area contributed by atoms with Crippen molar-refractivity contribution >= 4 is 15.9 Å². The molecule has 0 saturated carbocycles. The van der Waals surface area contributed by atoms with Gasteiger partial charge in [0.05, 0.1) is 28.8 Å². The van der Waals surface area contributed by atoms with Gasteiger partial charge in [-0.05, 0) is 83.6 Å². The summed E-state index contributed by atoms with van der Waals surface area (Å²) in [4.78, 5) is 18.5. The zero-order valence-corrected chi connectivity index (χ0v) is 24.4. The Morgan fingerprint density at radius 1 is 0.930 bits per heavy atom. The van der Waals surface area contributed by atoms with Gasteiger partial charge in [0.2, 0.25) is 0 Å². The number of amides is 1. The number of ether oxygens (including phenoxy) is 2. The molecule has 0 radical (unpaired) electrons. The molecule has 0 bridgehead atoms. The SMILES string of the molecule is N#Cc1ccc(OC(=O)N2CCC3(CCc4cc(-c5ccc(CS(=O)(=O)Cc6ccccn6)cc5)ccc4O3)CC2)cc1. The lowest BCUT2D eigenvalue weighted by molar-refractivity contribution is -0.00948. The summed E-state index contributed by atoms with van der Waals surface area (Å²) >= 11 is 0. The van der Waals surface area contributed by atoms with Crippen molar-refractivity contribution in [3.8, 4) is 28.7 Å². The standard InChI is InChI=1S/C34H31N3O5S/c35-22-25-6-11-31(12-7-25)41-33(38)37-19-16-34(17-20-37)15-14-29-21-28(10-13-32(29)42-34)27-8-4-26(5-9-27)23-43(39,40)24-30-3-1-2-18-36-30/h1-13,18,21H,14-17,19-20,23-24H2. The van der Waals surface area contributed by atoms with E-state index in [0.29, 0.717) is 30.1 Å². The molecule has 2 aliphatic rings. The predicted octanol–water partition coefficient (Wildman–Crippen LogP) is 6.09. The Morgan fingerprint density at radius 3 is 2.37 bits per heavy atom.